The number of rotatable bonds is 3. The first kappa shape index (κ1) is 10.5. The lowest BCUT2D eigenvalue weighted by Gasteiger charge is -2.34. The van der Waals surface area contributed by atoms with Gasteiger partial charge in [0, 0.05) is 18.8 Å². The summed E-state index contributed by atoms with van der Waals surface area (Å²) in [6, 6.07) is 8.89. The molecule has 0 aromatic heterocycles. The van der Waals surface area contributed by atoms with Gasteiger partial charge in [-0.2, -0.15) is 12.6 Å². The van der Waals surface area contributed by atoms with Crippen LogP contribution in [0.2, 0.25) is 0 Å². The summed E-state index contributed by atoms with van der Waals surface area (Å²) in [5.74, 6) is 1.05. The lowest BCUT2D eigenvalue weighted by Crippen LogP contribution is -2.35. The number of fused-ring (bicyclic) bond motifs is 1. The van der Waals surface area contributed by atoms with Crippen LogP contribution < -0.4 is 4.90 Å². The number of anilines is 1. The molecule has 0 amide bonds. The van der Waals surface area contributed by atoms with E-state index in [1.807, 2.05) is 0 Å². The molecule has 0 bridgehead atoms. The Balaban J connectivity index is 1.82. The molecule has 0 radical (unpaired) electrons. The average molecular weight is 233 g/mol. The maximum absolute atomic E-state index is 4.51. The van der Waals surface area contributed by atoms with E-state index in [-0.39, 0.29) is 0 Å². The van der Waals surface area contributed by atoms with E-state index in [9.17, 15) is 0 Å². The third-order valence-electron chi connectivity index (χ3n) is 4.03. The lowest BCUT2D eigenvalue weighted by atomic mass is 9.99. The normalized spacial score (nSPS) is 21.7. The summed E-state index contributed by atoms with van der Waals surface area (Å²) in [7, 11) is 0. The predicted molar refractivity (Wildman–Crippen MR) is 72.5 cm³/mol. The summed E-state index contributed by atoms with van der Waals surface area (Å²) >= 11 is 4.51. The van der Waals surface area contributed by atoms with Crippen molar-refractivity contribution in [3.8, 4) is 0 Å². The van der Waals surface area contributed by atoms with Crippen LogP contribution in [0.1, 0.15) is 24.8 Å². The van der Waals surface area contributed by atoms with Crippen LogP contribution in [0.3, 0.4) is 0 Å². The molecule has 1 aliphatic heterocycles. The van der Waals surface area contributed by atoms with E-state index in [0.717, 1.165) is 5.75 Å². The number of hydrogen-bond acceptors (Lipinski definition) is 2. The molecule has 0 atom stereocenters. The second-order valence-corrected chi connectivity index (χ2v) is 5.63. The molecule has 1 saturated carbocycles. The summed E-state index contributed by atoms with van der Waals surface area (Å²) in [6.45, 7) is 2.44. The Morgan fingerprint density at radius 2 is 2.06 bits per heavy atom. The van der Waals surface area contributed by atoms with Gasteiger partial charge < -0.3 is 4.90 Å². The number of hydrogen-bond donors (Lipinski definition) is 1. The van der Waals surface area contributed by atoms with Crippen molar-refractivity contribution >= 4 is 18.3 Å². The van der Waals surface area contributed by atoms with Gasteiger partial charge in [-0.3, -0.25) is 0 Å². The first-order chi connectivity index (χ1) is 7.83. The van der Waals surface area contributed by atoms with Crippen LogP contribution in [0, 0.1) is 5.41 Å². The molecule has 0 N–H and O–H groups in total. The standard InChI is InChI=1S/C14H19NS/c16-11-14(7-8-14)10-15-9-3-5-12-4-1-2-6-13(12)15/h1-2,4,6,16H,3,5,7-11H2. The van der Waals surface area contributed by atoms with Crippen molar-refractivity contribution in [2.75, 3.05) is 23.7 Å². The fourth-order valence-electron chi connectivity index (χ4n) is 2.72. The Hall–Kier alpha value is -0.630. The van der Waals surface area contributed by atoms with Gasteiger partial charge in [-0.1, -0.05) is 18.2 Å². The Labute approximate surface area is 103 Å². The minimum Gasteiger partial charge on any atom is -0.371 e. The Bertz CT molecular complexity index is 384. The number of para-hydroxylation sites is 1. The molecule has 1 fully saturated rings. The number of thiol groups is 1. The Kier molecular flexibility index (Phi) is 2.62. The van der Waals surface area contributed by atoms with Crippen molar-refractivity contribution in [2.45, 2.75) is 25.7 Å². The average Bonchev–Trinajstić information content (AvgIpc) is 3.10. The van der Waals surface area contributed by atoms with Crippen molar-refractivity contribution in [1.82, 2.24) is 0 Å². The van der Waals surface area contributed by atoms with E-state index in [1.165, 1.54) is 50.0 Å². The van der Waals surface area contributed by atoms with Crippen LogP contribution in [-0.2, 0) is 6.42 Å². The quantitative estimate of drug-likeness (QED) is 0.785. The molecular weight excluding hydrogens is 214 g/mol. The van der Waals surface area contributed by atoms with E-state index >= 15 is 0 Å². The van der Waals surface area contributed by atoms with Crippen LogP contribution in [0.4, 0.5) is 5.69 Å². The highest BCUT2D eigenvalue weighted by molar-refractivity contribution is 7.80. The van der Waals surface area contributed by atoms with Gasteiger partial charge in [0.1, 0.15) is 0 Å². The van der Waals surface area contributed by atoms with Gasteiger partial charge in [0.15, 0.2) is 0 Å². The highest BCUT2D eigenvalue weighted by Gasteiger charge is 2.43. The molecule has 1 aromatic carbocycles. The van der Waals surface area contributed by atoms with Gasteiger partial charge in [-0.05, 0) is 48.5 Å². The number of nitrogens with zero attached hydrogens (tertiary/aromatic N) is 1. The highest BCUT2D eigenvalue weighted by Crippen LogP contribution is 2.48. The lowest BCUT2D eigenvalue weighted by molar-refractivity contribution is 0.542. The molecule has 16 heavy (non-hydrogen) atoms. The summed E-state index contributed by atoms with van der Waals surface area (Å²) in [5.41, 5.74) is 3.54. The van der Waals surface area contributed by atoms with Gasteiger partial charge >= 0.3 is 0 Å². The van der Waals surface area contributed by atoms with Crippen molar-refractivity contribution in [2.24, 2.45) is 5.41 Å². The monoisotopic (exact) mass is 233 g/mol. The zero-order chi connectivity index (χ0) is 11.0. The van der Waals surface area contributed by atoms with Crippen LogP contribution >= 0.6 is 12.6 Å². The third-order valence-corrected chi connectivity index (χ3v) is 4.70. The first-order valence-electron chi connectivity index (χ1n) is 6.27. The zero-order valence-electron chi connectivity index (χ0n) is 9.65. The summed E-state index contributed by atoms with van der Waals surface area (Å²) in [4.78, 5) is 2.59. The highest BCUT2D eigenvalue weighted by atomic mass is 32.1. The molecule has 3 rings (SSSR count). The van der Waals surface area contributed by atoms with Gasteiger partial charge in [0.2, 0.25) is 0 Å². The van der Waals surface area contributed by atoms with E-state index in [2.05, 4.69) is 41.8 Å². The van der Waals surface area contributed by atoms with Gasteiger partial charge in [-0.15, -0.1) is 0 Å². The smallest absolute Gasteiger partial charge is 0.0398 e. The summed E-state index contributed by atoms with van der Waals surface area (Å²) < 4.78 is 0. The Morgan fingerprint density at radius 3 is 2.81 bits per heavy atom. The van der Waals surface area contributed by atoms with E-state index in [4.69, 9.17) is 0 Å². The fraction of sp³-hybridized carbons (Fsp3) is 0.571. The maximum Gasteiger partial charge on any atom is 0.0398 e. The van der Waals surface area contributed by atoms with Gasteiger partial charge in [0.05, 0.1) is 0 Å². The van der Waals surface area contributed by atoms with Crippen molar-refractivity contribution in [3.05, 3.63) is 29.8 Å². The van der Waals surface area contributed by atoms with Crippen LogP contribution in [0.15, 0.2) is 24.3 Å². The molecule has 1 heterocycles. The first-order valence-corrected chi connectivity index (χ1v) is 6.90. The van der Waals surface area contributed by atoms with Crippen molar-refractivity contribution in [3.63, 3.8) is 0 Å². The van der Waals surface area contributed by atoms with Crippen LogP contribution in [0.25, 0.3) is 0 Å². The van der Waals surface area contributed by atoms with Crippen molar-refractivity contribution < 1.29 is 0 Å². The second-order valence-electron chi connectivity index (χ2n) is 5.31. The fourth-order valence-corrected chi connectivity index (χ4v) is 3.14. The molecule has 1 aliphatic carbocycles. The third kappa shape index (κ3) is 1.84. The molecule has 0 saturated heterocycles. The predicted octanol–water partition coefficient (Wildman–Crippen LogP) is 3.15. The Morgan fingerprint density at radius 1 is 1.25 bits per heavy atom. The van der Waals surface area contributed by atoms with Crippen LogP contribution in [0.5, 0.6) is 0 Å². The SMILES string of the molecule is SCC1(CN2CCCc3ccccc32)CC1. The van der Waals surface area contributed by atoms with E-state index < -0.39 is 0 Å². The number of benzene rings is 1. The molecule has 1 nitrogen and oxygen atoms in total. The molecule has 0 spiro atoms. The molecule has 86 valence electrons. The zero-order valence-corrected chi connectivity index (χ0v) is 10.5. The van der Waals surface area contributed by atoms with E-state index in [1.54, 1.807) is 0 Å². The van der Waals surface area contributed by atoms with Crippen molar-refractivity contribution in [1.29, 1.82) is 0 Å². The maximum atomic E-state index is 4.51. The van der Waals surface area contributed by atoms with Gasteiger partial charge in [-0.25, -0.2) is 0 Å². The molecule has 1 aromatic rings. The van der Waals surface area contributed by atoms with Crippen LogP contribution in [-0.4, -0.2) is 18.8 Å². The minimum atomic E-state index is 0.535. The molecule has 0 unspecified atom stereocenters. The second kappa shape index (κ2) is 3.99. The molecule has 2 aliphatic rings. The van der Waals surface area contributed by atoms with E-state index in [0.29, 0.717) is 5.41 Å². The summed E-state index contributed by atoms with van der Waals surface area (Å²) in [6.07, 6.45) is 5.30. The van der Waals surface area contributed by atoms with Gasteiger partial charge in [0.25, 0.3) is 0 Å². The largest absolute Gasteiger partial charge is 0.371 e. The topological polar surface area (TPSA) is 3.24 Å². The molecular formula is C14H19NS. The molecule has 2 heteroatoms. The number of aryl methyl sites for hydroxylation is 1. The minimum absolute atomic E-state index is 0.535. The summed E-state index contributed by atoms with van der Waals surface area (Å²) in [5, 5.41) is 0.